The molecule has 0 amide bonds. The molecule has 0 radical (unpaired) electrons. The van der Waals surface area contributed by atoms with Gasteiger partial charge in [-0.3, -0.25) is 16.6 Å². The number of hydrogen-bond donors (Lipinski definition) is 3. The lowest BCUT2D eigenvalue weighted by Crippen LogP contribution is -2.27. The van der Waals surface area contributed by atoms with Crippen LogP contribution in [0.1, 0.15) is 85.8 Å². The van der Waals surface area contributed by atoms with Gasteiger partial charge >= 0.3 is 0 Å². The first-order valence-electron chi connectivity index (χ1n) is 13.0. The van der Waals surface area contributed by atoms with E-state index in [-0.39, 0.29) is 0 Å². The number of benzene rings is 2. The summed E-state index contributed by atoms with van der Waals surface area (Å²) in [5.41, 5.74) is 2.76. The molecule has 0 bridgehead atoms. The van der Waals surface area contributed by atoms with Crippen LogP contribution in [0.25, 0.3) is 0 Å². The summed E-state index contributed by atoms with van der Waals surface area (Å²) in [6.45, 7) is 22.3. The molecule has 0 aliphatic rings. The van der Waals surface area contributed by atoms with Gasteiger partial charge in [0.05, 0.1) is 0 Å². The quantitative estimate of drug-likeness (QED) is 0.192. The molecule has 4 heteroatoms. The van der Waals surface area contributed by atoms with Gasteiger partial charge in [-0.1, -0.05) is 129 Å². The first-order valence-corrected chi connectivity index (χ1v) is 13.0. The van der Waals surface area contributed by atoms with Crippen molar-refractivity contribution in [2.45, 2.75) is 87.7 Å². The number of rotatable bonds is 11. The van der Waals surface area contributed by atoms with Crippen LogP contribution in [0, 0.1) is 5.92 Å². The van der Waals surface area contributed by atoms with E-state index in [1.165, 1.54) is 30.4 Å². The first kappa shape index (κ1) is 35.9. The van der Waals surface area contributed by atoms with Crippen LogP contribution in [0.2, 0.25) is 0 Å². The van der Waals surface area contributed by atoms with E-state index < -0.39 is 0 Å². The van der Waals surface area contributed by atoms with Crippen LogP contribution in [0.5, 0.6) is 0 Å². The highest BCUT2D eigenvalue weighted by Crippen LogP contribution is 2.04. The van der Waals surface area contributed by atoms with Gasteiger partial charge in [0.1, 0.15) is 0 Å². The summed E-state index contributed by atoms with van der Waals surface area (Å²) in [6.07, 6.45) is 3.89. The number of hydrazine groups is 1. The molecule has 5 N–H and O–H groups in total. The third kappa shape index (κ3) is 24.8. The standard InChI is InChI=1S/C19H26N2.C6H14.2C2H6.H4N2/c1-2-21(17-19-12-7-4-8-13-19)15-9-14-20-16-18-10-5-3-6-11-18;1-4-5-6(2)3;3*1-2/h3-8,10-13,20H,2,9,14-17H2,1H3;6H,4-5H2,1-3H3;2*1-2H3;1-2H2. The topological polar surface area (TPSA) is 67.3 Å². The summed E-state index contributed by atoms with van der Waals surface area (Å²) in [6, 6.07) is 21.3. The van der Waals surface area contributed by atoms with E-state index in [0.717, 1.165) is 38.6 Å². The van der Waals surface area contributed by atoms with Gasteiger partial charge in [0.15, 0.2) is 0 Å². The SMILES string of the molecule is CC.CC.CCCC(C)C.CCN(CCCNCc1ccccc1)Cc1ccccc1.NN. The van der Waals surface area contributed by atoms with E-state index in [2.05, 4.69) is 110 Å². The van der Waals surface area contributed by atoms with Crippen LogP contribution < -0.4 is 17.0 Å². The second kappa shape index (κ2) is 30.3. The van der Waals surface area contributed by atoms with E-state index in [0.29, 0.717) is 0 Å². The molecular weight excluding hydrogens is 404 g/mol. The predicted octanol–water partition coefficient (Wildman–Crippen LogP) is 7.00. The van der Waals surface area contributed by atoms with Gasteiger partial charge in [0.2, 0.25) is 0 Å². The van der Waals surface area contributed by atoms with Crippen LogP contribution in [0.4, 0.5) is 0 Å². The minimum absolute atomic E-state index is 0.898. The minimum atomic E-state index is 0.898. The molecule has 0 heterocycles. The van der Waals surface area contributed by atoms with E-state index >= 15 is 0 Å². The molecule has 2 aromatic carbocycles. The molecular formula is C29H56N4. The number of hydrogen-bond acceptors (Lipinski definition) is 4. The van der Waals surface area contributed by atoms with Crippen molar-refractivity contribution in [2.24, 2.45) is 17.6 Å². The van der Waals surface area contributed by atoms with E-state index in [9.17, 15) is 0 Å². The van der Waals surface area contributed by atoms with E-state index in [4.69, 9.17) is 0 Å². The number of nitrogens with one attached hydrogen (secondary N) is 1. The molecule has 192 valence electrons. The second-order valence-corrected chi connectivity index (χ2v) is 7.55. The highest BCUT2D eigenvalue weighted by atomic mass is 15.1. The molecule has 0 spiro atoms. The minimum Gasteiger partial charge on any atom is -0.313 e. The molecule has 0 aliphatic heterocycles. The van der Waals surface area contributed by atoms with Crippen molar-refractivity contribution >= 4 is 0 Å². The Morgan fingerprint density at radius 3 is 1.67 bits per heavy atom. The van der Waals surface area contributed by atoms with Crippen molar-refractivity contribution in [3.63, 3.8) is 0 Å². The summed E-state index contributed by atoms with van der Waals surface area (Å²) >= 11 is 0. The maximum absolute atomic E-state index is 4.00. The van der Waals surface area contributed by atoms with E-state index in [1.54, 1.807) is 0 Å². The van der Waals surface area contributed by atoms with Gasteiger partial charge in [-0.05, 0) is 43.1 Å². The van der Waals surface area contributed by atoms with Crippen molar-refractivity contribution < 1.29 is 0 Å². The van der Waals surface area contributed by atoms with Crippen molar-refractivity contribution in [2.75, 3.05) is 19.6 Å². The Labute approximate surface area is 207 Å². The molecule has 0 fully saturated rings. The molecule has 4 nitrogen and oxygen atoms in total. The van der Waals surface area contributed by atoms with Crippen LogP contribution in [-0.2, 0) is 13.1 Å². The third-order valence-corrected chi connectivity index (χ3v) is 4.56. The lowest BCUT2D eigenvalue weighted by atomic mass is 10.1. The van der Waals surface area contributed by atoms with Gasteiger partial charge in [0, 0.05) is 13.1 Å². The Morgan fingerprint density at radius 1 is 0.788 bits per heavy atom. The zero-order chi connectivity index (χ0) is 25.7. The van der Waals surface area contributed by atoms with Crippen LogP contribution in [0.15, 0.2) is 60.7 Å². The Kier molecular flexibility index (Phi) is 32.9. The lowest BCUT2D eigenvalue weighted by molar-refractivity contribution is 0.275. The van der Waals surface area contributed by atoms with Crippen LogP contribution in [-0.4, -0.2) is 24.5 Å². The Hall–Kier alpha value is -1.72. The Balaban J connectivity index is -0.000000635. The van der Waals surface area contributed by atoms with Gasteiger partial charge in [-0.15, -0.1) is 0 Å². The number of nitrogens with two attached hydrogens (primary N) is 2. The van der Waals surface area contributed by atoms with Gasteiger partial charge in [-0.25, -0.2) is 0 Å². The highest BCUT2D eigenvalue weighted by Gasteiger charge is 2.02. The van der Waals surface area contributed by atoms with Gasteiger partial charge in [0.25, 0.3) is 0 Å². The average molecular weight is 461 g/mol. The molecule has 0 aromatic heterocycles. The first-order chi connectivity index (χ1) is 16.2. The van der Waals surface area contributed by atoms with Crippen LogP contribution >= 0.6 is 0 Å². The average Bonchev–Trinajstić information content (AvgIpc) is 2.88. The smallest absolute Gasteiger partial charge is 0.0233 e. The third-order valence-electron chi connectivity index (χ3n) is 4.56. The molecule has 33 heavy (non-hydrogen) atoms. The zero-order valence-electron chi connectivity index (χ0n) is 23.1. The summed E-state index contributed by atoms with van der Waals surface area (Å²) < 4.78 is 0. The summed E-state index contributed by atoms with van der Waals surface area (Å²) in [4.78, 5) is 2.50. The summed E-state index contributed by atoms with van der Waals surface area (Å²) in [5, 5.41) is 3.52. The van der Waals surface area contributed by atoms with Crippen molar-refractivity contribution in [1.82, 2.24) is 10.2 Å². The fraction of sp³-hybridized carbons (Fsp3) is 0.586. The molecule has 0 saturated carbocycles. The van der Waals surface area contributed by atoms with Crippen LogP contribution in [0.3, 0.4) is 0 Å². The van der Waals surface area contributed by atoms with Crippen molar-refractivity contribution in [3.05, 3.63) is 71.8 Å². The second-order valence-electron chi connectivity index (χ2n) is 7.55. The molecule has 0 saturated heterocycles. The molecule has 0 aliphatic carbocycles. The normalized spacial score (nSPS) is 9.33. The Morgan fingerprint density at radius 2 is 1.27 bits per heavy atom. The largest absolute Gasteiger partial charge is 0.313 e. The zero-order valence-corrected chi connectivity index (χ0v) is 23.1. The molecule has 0 atom stereocenters. The van der Waals surface area contributed by atoms with Gasteiger partial charge in [-0.2, -0.15) is 0 Å². The summed E-state index contributed by atoms with van der Waals surface area (Å²) in [5.74, 6) is 8.90. The maximum Gasteiger partial charge on any atom is 0.0233 e. The lowest BCUT2D eigenvalue weighted by Gasteiger charge is -2.20. The van der Waals surface area contributed by atoms with Crippen molar-refractivity contribution in [1.29, 1.82) is 0 Å². The van der Waals surface area contributed by atoms with E-state index in [1.807, 2.05) is 27.7 Å². The fourth-order valence-corrected chi connectivity index (χ4v) is 3.02. The van der Waals surface area contributed by atoms with Crippen molar-refractivity contribution in [3.8, 4) is 0 Å². The fourth-order valence-electron chi connectivity index (χ4n) is 3.02. The summed E-state index contributed by atoms with van der Waals surface area (Å²) in [7, 11) is 0. The van der Waals surface area contributed by atoms with Gasteiger partial charge < -0.3 is 5.32 Å². The predicted molar refractivity (Wildman–Crippen MR) is 151 cm³/mol. The molecule has 0 unspecified atom stereocenters. The molecule has 2 aromatic rings. The maximum atomic E-state index is 4.00. The number of nitrogens with zero attached hydrogens (tertiary/aromatic N) is 1. The monoisotopic (exact) mass is 460 g/mol. The Bertz CT molecular complexity index is 558. The molecule has 2 rings (SSSR count). The highest BCUT2D eigenvalue weighted by molar-refractivity contribution is 5.15.